The van der Waals surface area contributed by atoms with Crippen molar-refractivity contribution in [3.05, 3.63) is 0 Å². The molecule has 2 heteroatoms. The Hall–Kier alpha value is -0.550. The molecule has 58 valence electrons. The molecule has 0 fully saturated rings. The zero-order chi connectivity index (χ0) is 7.98. The van der Waals surface area contributed by atoms with E-state index in [4.69, 9.17) is 5.26 Å². The zero-order valence-electron chi connectivity index (χ0n) is 7.09. The summed E-state index contributed by atoms with van der Waals surface area (Å²) in [6.07, 6.45) is 0.929. The molecule has 0 bridgehead atoms. The molecule has 0 rings (SSSR count). The van der Waals surface area contributed by atoms with E-state index in [0.29, 0.717) is 0 Å². The molecule has 10 heavy (non-hydrogen) atoms. The van der Waals surface area contributed by atoms with Crippen molar-refractivity contribution < 1.29 is 0 Å². The van der Waals surface area contributed by atoms with Gasteiger partial charge in [-0.05, 0) is 19.5 Å². The van der Waals surface area contributed by atoms with E-state index in [2.05, 4.69) is 24.8 Å². The summed E-state index contributed by atoms with van der Waals surface area (Å²) >= 11 is 0. The summed E-state index contributed by atoms with van der Waals surface area (Å²) in [7, 11) is 0. The average molecular weight is 140 g/mol. The quantitative estimate of drug-likeness (QED) is 0.593. The molecule has 1 unspecified atom stereocenters. The Labute approximate surface area is 63.4 Å². The first-order valence-corrected chi connectivity index (χ1v) is 3.93. The predicted molar refractivity (Wildman–Crippen MR) is 42.6 cm³/mol. The highest BCUT2D eigenvalue weighted by atomic mass is 15.1. The summed E-state index contributed by atoms with van der Waals surface area (Å²) in [5.41, 5.74) is 0. The van der Waals surface area contributed by atoms with Crippen molar-refractivity contribution in [2.75, 3.05) is 13.1 Å². The fraction of sp³-hybridized carbons (Fsp3) is 0.875. The average Bonchev–Trinajstić information content (AvgIpc) is 2.00. The zero-order valence-corrected chi connectivity index (χ0v) is 7.09. The van der Waals surface area contributed by atoms with Crippen LogP contribution >= 0.6 is 0 Å². The SMILES string of the molecule is CCC(C#N)N(CC)CC. The molecule has 1 atom stereocenters. The van der Waals surface area contributed by atoms with Crippen LogP contribution in [-0.2, 0) is 0 Å². The Kier molecular flexibility index (Phi) is 4.96. The van der Waals surface area contributed by atoms with Crippen LogP contribution in [0.15, 0.2) is 0 Å². The van der Waals surface area contributed by atoms with Gasteiger partial charge in [0.05, 0.1) is 12.1 Å². The van der Waals surface area contributed by atoms with E-state index < -0.39 is 0 Å². The molecular weight excluding hydrogens is 124 g/mol. The molecule has 0 aromatic heterocycles. The van der Waals surface area contributed by atoms with Gasteiger partial charge in [-0.15, -0.1) is 0 Å². The lowest BCUT2D eigenvalue weighted by Crippen LogP contribution is -2.33. The highest BCUT2D eigenvalue weighted by Crippen LogP contribution is 2.00. The van der Waals surface area contributed by atoms with Gasteiger partial charge in [-0.2, -0.15) is 5.26 Å². The summed E-state index contributed by atoms with van der Waals surface area (Å²) in [5.74, 6) is 0. The lowest BCUT2D eigenvalue weighted by atomic mass is 10.2. The van der Waals surface area contributed by atoms with Crippen molar-refractivity contribution in [2.24, 2.45) is 0 Å². The van der Waals surface area contributed by atoms with E-state index >= 15 is 0 Å². The van der Waals surface area contributed by atoms with Crippen LogP contribution in [0.4, 0.5) is 0 Å². The third-order valence-electron chi connectivity index (χ3n) is 1.79. The molecule has 0 N–H and O–H groups in total. The van der Waals surface area contributed by atoms with Crippen molar-refractivity contribution in [3.63, 3.8) is 0 Å². The number of rotatable bonds is 4. The Morgan fingerprint density at radius 3 is 1.90 bits per heavy atom. The minimum absolute atomic E-state index is 0.120. The third-order valence-corrected chi connectivity index (χ3v) is 1.79. The van der Waals surface area contributed by atoms with Crippen LogP contribution in [0.1, 0.15) is 27.2 Å². The summed E-state index contributed by atoms with van der Waals surface area (Å²) in [4.78, 5) is 2.17. The van der Waals surface area contributed by atoms with Gasteiger partial charge in [-0.1, -0.05) is 20.8 Å². The number of hydrogen-bond donors (Lipinski definition) is 0. The molecule has 2 nitrogen and oxygen atoms in total. The van der Waals surface area contributed by atoms with Crippen molar-refractivity contribution in [1.29, 1.82) is 5.26 Å². The normalized spacial score (nSPS) is 13.1. The van der Waals surface area contributed by atoms with E-state index in [0.717, 1.165) is 19.5 Å². The van der Waals surface area contributed by atoms with Gasteiger partial charge >= 0.3 is 0 Å². The molecule has 0 aliphatic rings. The van der Waals surface area contributed by atoms with Crippen LogP contribution in [0.25, 0.3) is 0 Å². The Morgan fingerprint density at radius 1 is 1.30 bits per heavy atom. The largest absolute Gasteiger partial charge is 0.289 e. The van der Waals surface area contributed by atoms with Crippen LogP contribution in [-0.4, -0.2) is 24.0 Å². The molecule has 0 radical (unpaired) electrons. The Balaban J connectivity index is 3.85. The maximum atomic E-state index is 8.67. The highest BCUT2D eigenvalue weighted by molar-refractivity contribution is 4.89. The second-order valence-electron chi connectivity index (χ2n) is 2.27. The minimum atomic E-state index is 0.120. The van der Waals surface area contributed by atoms with Gasteiger partial charge in [0, 0.05) is 0 Å². The fourth-order valence-corrected chi connectivity index (χ4v) is 1.10. The van der Waals surface area contributed by atoms with Gasteiger partial charge in [0.1, 0.15) is 0 Å². The van der Waals surface area contributed by atoms with Gasteiger partial charge < -0.3 is 0 Å². The second kappa shape index (κ2) is 5.25. The van der Waals surface area contributed by atoms with Crippen LogP contribution in [0.5, 0.6) is 0 Å². The molecule has 0 saturated heterocycles. The lowest BCUT2D eigenvalue weighted by Gasteiger charge is -2.22. The van der Waals surface area contributed by atoms with Crippen molar-refractivity contribution in [1.82, 2.24) is 4.90 Å². The molecule has 0 aromatic rings. The van der Waals surface area contributed by atoms with Crippen molar-refractivity contribution in [3.8, 4) is 6.07 Å². The molecule has 0 aliphatic carbocycles. The van der Waals surface area contributed by atoms with E-state index in [1.165, 1.54) is 0 Å². The monoisotopic (exact) mass is 140 g/mol. The van der Waals surface area contributed by atoms with Gasteiger partial charge in [-0.25, -0.2) is 0 Å². The van der Waals surface area contributed by atoms with E-state index in [1.54, 1.807) is 0 Å². The summed E-state index contributed by atoms with van der Waals surface area (Å²) in [5, 5.41) is 8.67. The highest BCUT2D eigenvalue weighted by Gasteiger charge is 2.10. The molecule has 0 amide bonds. The Morgan fingerprint density at radius 2 is 1.80 bits per heavy atom. The standard InChI is InChI=1S/C8H16N2/c1-4-8(7-9)10(5-2)6-3/h8H,4-6H2,1-3H3. The van der Waals surface area contributed by atoms with Gasteiger partial charge in [0.2, 0.25) is 0 Å². The summed E-state index contributed by atoms with van der Waals surface area (Å²) < 4.78 is 0. The predicted octanol–water partition coefficient (Wildman–Crippen LogP) is 1.63. The lowest BCUT2D eigenvalue weighted by molar-refractivity contribution is 0.254. The molecule has 0 saturated carbocycles. The van der Waals surface area contributed by atoms with Gasteiger partial charge in [0.25, 0.3) is 0 Å². The van der Waals surface area contributed by atoms with Crippen LogP contribution in [0.3, 0.4) is 0 Å². The summed E-state index contributed by atoms with van der Waals surface area (Å²) in [6, 6.07) is 2.40. The van der Waals surface area contributed by atoms with E-state index in [1.807, 2.05) is 6.92 Å². The number of nitrogens with zero attached hydrogens (tertiary/aromatic N) is 2. The first kappa shape index (κ1) is 9.45. The maximum Gasteiger partial charge on any atom is 0.0975 e. The first-order valence-electron chi connectivity index (χ1n) is 3.93. The minimum Gasteiger partial charge on any atom is -0.289 e. The molecular formula is C8H16N2. The third kappa shape index (κ3) is 2.36. The molecule has 0 spiro atoms. The second-order valence-corrected chi connectivity index (χ2v) is 2.27. The fourth-order valence-electron chi connectivity index (χ4n) is 1.10. The van der Waals surface area contributed by atoms with Gasteiger partial charge in [0.15, 0.2) is 0 Å². The molecule has 0 aromatic carbocycles. The topological polar surface area (TPSA) is 27.0 Å². The van der Waals surface area contributed by atoms with E-state index in [9.17, 15) is 0 Å². The number of nitriles is 1. The van der Waals surface area contributed by atoms with Crippen molar-refractivity contribution >= 4 is 0 Å². The van der Waals surface area contributed by atoms with Gasteiger partial charge in [-0.3, -0.25) is 4.90 Å². The maximum absolute atomic E-state index is 8.67. The van der Waals surface area contributed by atoms with Crippen LogP contribution < -0.4 is 0 Å². The smallest absolute Gasteiger partial charge is 0.0975 e. The van der Waals surface area contributed by atoms with Crippen LogP contribution in [0.2, 0.25) is 0 Å². The summed E-state index contributed by atoms with van der Waals surface area (Å²) in [6.45, 7) is 8.17. The molecule has 0 heterocycles. The number of hydrogen-bond acceptors (Lipinski definition) is 2. The Bertz CT molecular complexity index is 111. The molecule has 0 aliphatic heterocycles. The van der Waals surface area contributed by atoms with E-state index in [-0.39, 0.29) is 6.04 Å². The first-order chi connectivity index (χ1) is 4.79. The van der Waals surface area contributed by atoms with Crippen LogP contribution in [0, 0.1) is 11.3 Å². The van der Waals surface area contributed by atoms with Crippen molar-refractivity contribution in [2.45, 2.75) is 33.2 Å².